The lowest BCUT2D eigenvalue weighted by Gasteiger charge is -2.08. The Morgan fingerprint density at radius 2 is 2.00 bits per heavy atom. The van der Waals surface area contributed by atoms with Crippen LogP contribution in [-0.4, -0.2) is 0 Å². The summed E-state index contributed by atoms with van der Waals surface area (Å²) in [5.74, 6) is 0.831. The summed E-state index contributed by atoms with van der Waals surface area (Å²) in [6.07, 6.45) is 2.73. The van der Waals surface area contributed by atoms with Crippen LogP contribution >= 0.6 is 11.3 Å². The van der Waals surface area contributed by atoms with Crippen molar-refractivity contribution in [2.75, 3.05) is 5.32 Å². The van der Waals surface area contributed by atoms with Crippen LogP contribution in [0.2, 0.25) is 0 Å². The molecule has 0 atom stereocenters. The minimum absolute atomic E-state index is 0.831. The second-order valence-corrected chi connectivity index (χ2v) is 6.49. The van der Waals surface area contributed by atoms with Crippen molar-refractivity contribution in [3.63, 3.8) is 0 Å². The Balaban J connectivity index is 1.50. The first kappa shape index (κ1) is 12.0. The molecule has 3 aromatic rings. The van der Waals surface area contributed by atoms with Gasteiger partial charge in [-0.2, -0.15) is 0 Å². The van der Waals surface area contributed by atoms with Crippen molar-refractivity contribution in [2.45, 2.75) is 25.3 Å². The molecule has 1 nitrogen and oxygen atoms in total. The third-order valence-electron chi connectivity index (χ3n) is 3.95. The number of nitrogens with one attached hydrogen (secondary N) is 1. The maximum absolute atomic E-state index is 3.53. The Morgan fingerprint density at radius 1 is 1.05 bits per heavy atom. The molecule has 20 heavy (non-hydrogen) atoms. The predicted octanol–water partition coefficient (Wildman–Crippen LogP) is 5.39. The molecule has 0 bridgehead atoms. The van der Waals surface area contributed by atoms with Crippen LogP contribution in [0.1, 0.15) is 29.9 Å². The Hall–Kier alpha value is -1.80. The van der Waals surface area contributed by atoms with Gasteiger partial charge in [-0.25, -0.2) is 0 Å². The molecule has 1 aliphatic carbocycles. The van der Waals surface area contributed by atoms with Crippen molar-refractivity contribution < 1.29 is 0 Å². The lowest BCUT2D eigenvalue weighted by Crippen LogP contribution is -1.99. The fraction of sp³-hybridized carbons (Fsp3) is 0.222. The number of hydrogen-bond acceptors (Lipinski definition) is 2. The van der Waals surface area contributed by atoms with Crippen molar-refractivity contribution in [2.24, 2.45) is 0 Å². The third-order valence-corrected chi connectivity index (χ3v) is 4.85. The molecule has 1 aromatic heterocycles. The van der Waals surface area contributed by atoms with Crippen molar-refractivity contribution in [1.82, 2.24) is 0 Å². The molecule has 100 valence electrons. The maximum Gasteiger partial charge on any atom is 0.0400 e. The van der Waals surface area contributed by atoms with Gasteiger partial charge < -0.3 is 5.32 Å². The van der Waals surface area contributed by atoms with Crippen molar-refractivity contribution in [3.05, 3.63) is 65.0 Å². The van der Waals surface area contributed by atoms with Crippen molar-refractivity contribution in [1.29, 1.82) is 0 Å². The van der Waals surface area contributed by atoms with Gasteiger partial charge in [0.1, 0.15) is 0 Å². The number of hydrogen-bond donors (Lipinski definition) is 1. The monoisotopic (exact) mass is 279 g/mol. The van der Waals surface area contributed by atoms with E-state index in [2.05, 4.69) is 59.2 Å². The molecule has 0 spiro atoms. The first-order valence-corrected chi connectivity index (χ1v) is 8.06. The highest BCUT2D eigenvalue weighted by Crippen LogP contribution is 2.40. The Labute approximate surface area is 123 Å². The fourth-order valence-electron chi connectivity index (χ4n) is 2.65. The van der Waals surface area contributed by atoms with Crippen LogP contribution in [-0.2, 0) is 6.54 Å². The van der Waals surface area contributed by atoms with Crippen LogP contribution in [0.25, 0.3) is 10.1 Å². The van der Waals surface area contributed by atoms with Gasteiger partial charge >= 0.3 is 0 Å². The van der Waals surface area contributed by atoms with Crippen LogP contribution in [0.5, 0.6) is 0 Å². The molecular formula is C18H17NS. The lowest BCUT2D eigenvalue weighted by atomic mass is 10.1. The molecule has 1 fully saturated rings. The summed E-state index contributed by atoms with van der Waals surface area (Å²) in [5.41, 5.74) is 4.09. The van der Waals surface area contributed by atoms with Gasteiger partial charge in [-0.3, -0.25) is 0 Å². The Bertz CT molecular complexity index is 740. The Kier molecular flexibility index (Phi) is 2.96. The summed E-state index contributed by atoms with van der Waals surface area (Å²) < 4.78 is 1.35. The van der Waals surface area contributed by atoms with Crippen LogP contribution in [0.4, 0.5) is 5.69 Å². The molecule has 0 aliphatic heterocycles. The third kappa shape index (κ3) is 2.44. The van der Waals surface area contributed by atoms with E-state index in [1.165, 1.54) is 39.7 Å². The van der Waals surface area contributed by atoms with E-state index in [-0.39, 0.29) is 0 Å². The van der Waals surface area contributed by atoms with E-state index in [9.17, 15) is 0 Å². The van der Waals surface area contributed by atoms with Crippen molar-refractivity contribution >= 4 is 27.1 Å². The standard InChI is InChI=1S/C18H17NS/c1-2-13(10-15(3-1)14-4-5-14)12-19-17-6-7-18-16(11-17)8-9-20-18/h1-3,6-11,14,19H,4-5,12H2. The van der Waals surface area contributed by atoms with Gasteiger partial charge in [0.2, 0.25) is 0 Å². The van der Waals surface area contributed by atoms with Gasteiger partial charge in [-0.15, -0.1) is 11.3 Å². The zero-order valence-corrected chi connectivity index (χ0v) is 12.1. The van der Waals surface area contributed by atoms with Crippen LogP contribution < -0.4 is 5.32 Å². The van der Waals surface area contributed by atoms with Crippen LogP contribution in [0, 0.1) is 0 Å². The topological polar surface area (TPSA) is 12.0 Å². The zero-order valence-electron chi connectivity index (χ0n) is 11.3. The molecule has 0 radical (unpaired) electrons. The number of rotatable bonds is 4. The molecule has 0 unspecified atom stereocenters. The average molecular weight is 279 g/mol. The van der Waals surface area contributed by atoms with E-state index in [0.29, 0.717) is 0 Å². The highest BCUT2D eigenvalue weighted by atomic mass is 32.1. The molecule has 0 saturated heterocycles. The highest BCUT2D eigenvalue weighted by molar-refractivity contribution is 7.17. The van der Waals surface area contributed by atoms with Gasteiger partial charge in [0.25, 0.3) is 0 Å². The zero-order chi connectivity index (χ0) is 13.4. The summed E-state index contributed by atoms with van der Waals surface area (Å²) in [6.45, 7) is 0.899. The smallest absolute Gasteiger partial charge is 0.0400 e. The minimum atomic E-state index is 0.831. The fourth-order valence-corrected chi connectivity index (χ4v) is 3.43. The quantitative estimate of drug-likeness (QED) is 0.675. The first-order valence-electron chi connectivity index (χ1n) is 7.18. The molecule has 1 saturated carbocycles. The van der Waals surface area contributed by atoms with E-state index in [4.69, 9.17) is 0 Å². The van der Waals surface area contributed by atoms with E-state index in [0.717, 1.165) is 12.5 Å². The number of anilines is 1. The first-order chi connectivity index (χ1) is 9.88. The van der Waals surface area contributed by atoms with Crippen molar-refractivity contribution in [3.8, 4) is 0 Å². The van der Waals surface area contributed by atoms with Crippen LogP contribution in [0.15, 0.2) is 53.9 Å². The summed E-state index contributed by atoms with van der Waals surface area (Å²) >= 11 is 1.79. The number of fused-ring (bicyclic) bond motifs is 1. The largest absolute Gasteiger partial charge is 0.381 e. The normalized spacial score (nSPS) is 14.6. The molecule has 4 rings (SSSR count). The molecule has 1 N–H and O–H groups in total. The molecular weight excluding hydrogens is 262 g/mol. The summed E-state index contributed by atoms with van der Waals surface area (Å²) in [7, 11) is 0. The molecule has 0 amide bonds. The SMILES string of the molecule is c1cc(CNc2ccc3sccc3c2)cc(C2CC2)c1. The van der Waals surface area contributed by atoms with E-state index in [1.807, 2.05) is 0 Å². The summed E-state index contributed by atoms with van der Waals surface area (Å²) in [4.78, 5) is 0. The minimum Gasteiger partial charge on any atom is -0.381 e. The number of benzene rings is 2. The summed E-state index contributed by atoms with van der Waals surface area (Å²) in [5, 5.41) is 7.01. The highest BCUT2D eigenvalue weighted by Gasteiger charge is 2.23. The number of thiophene rings is 1. The van der Waals surface area contributed by atoms with Gasteiger partial charge in [0.15, 0.2) is 0 Å². The molecule has 2 aromatic carbocycles. The second kappa shape index (κ2) is 4.95. The van der Waals surface area contributed by atoms with E-state index < -0.39 is 0 Å². The Morgan fingerprint density at radius 3 is 2.90 bits per heavy atom. The lowest BCUT2D eigenvalue weighted by molar-refractivity contribution is 1.09. The van der Waals surface area contributed by atoms with E-state index in [1.54, 1.807) is 11.3 Å². The van der Waals surface area contributed by atoms with Gasteiger partial charge in [-0.05, 0) is 64.9 Å². The molecule has 2 heteroatoms. The predicted molar refractivity (Wildman–Crippen MR) is 87.6 cm³/mol. The molecule has 1 aliphatic rings. The second-order valence-electron chi connectivity index (χ2n) is 5.55. The molecule has 1 heterocycles. The van der Waals surface area contributed by atoms with Gasteiger partial charge in [0, 0.05) is 16.9 Å². The van der Waals surface area contributed by atoms with E-state index >= 15 is 0 Å². The van der Waals surface area contributed by atoms with Gasteiger partial charge in [-0.1, -0.05) is 24.3 Å². The van der Waals surface area contributed by atoms with Gasteiger partial charge in [0.05, 0.1) is 0 Å². The van der Waals surface area contributed by atoms with Crippen LogP contribution in [0.3, 0.4) is 0 Å². The summed E-state index contributed by atoms with van der Waals surface area (Å²) in [6, 6.07) is 17.8. The average Bonchev–Trinajstić information content (AvgIpc) is 3.24. The maximum atomic E-state index is 3.53.